The number of anilines is 1. The predicted molar refractivity (Wildman–Crippen MR) is 77.5 cm³/mol. The van der Waals surface area contributed by atoms with E-state index in [1.807, 2.05) is 0 Å². The van der Waals surface area contributed by atoms with Gasteiger partial charge in [0.15, 0.2) is 0 Å². The molecule has 0 heterocycles. The number of rotatable bonds is 4. The van der Waals surface area contributed by atoms with Crippen LogP contribution >= 0.6 is 0 Å². The molecule has 9 heteroatoms. The molecule has 0 saturated heterocycles. The number of benzene rings is 2. The van der Waals surface area contributed by atoms with Crippen molar-refractivity contribution in [2.75, 3.05) is 5.32 Å². The second-order valence-electron chi connectivity index (χ2n) is 4.70. The molecular formula is C14H12NNaO6S. The zero-order chi connectivity index (χ0) is 16.5. The average Bonchev–Trinajstić information content (AvgIpc) is 2.40. The van der Waals surface area contributed by atoms with Gasteiger partial charge in [0.25, 0.3) is 0 Å². The monoisotopic (exact) mass is 345 g/mol. The van der Waals surface area contributed by atoms with E-state index in [1.165, 1.54) is 13.0 Å². The summed E-state index contributed by atoms with van der Waals surface area (Å²) in [6.07, 6.45) is -0.380. The van der Waals surface area contributed by atoms with Gasteiger partial charge in [-0.1, -0.05) is 24.3 Å². The molecule has 0 fully saturated rings. The van der Waals surface area contributed by atoms with Gasteiger partial charge in [0, 0.05) is 10.8 Å². The van der Waals surface area contributed by atoms with Crippen LogP contribution in [0.1, 0.15) is 13.3 Å². The molecule has 2 rings (SSSR count). The van der Waals surface area contributed by atoms with Crippen molar-refractivity contribution in [3.63, 3.8) is 0 Å². The number of phenolic OH excluding ortho intramolecular Hbond substituents is 1. The predicted octanol–water partition coefficient (Wildman–Crippen LogP) is -1.63. The van der Waals surface area contributed by atoms with Gasteiger partial charge in [0.05, 0.1) is 17.0 Å². The van der Waals surface area contributed by atoms with Crippen LogP contribution in [0.3, 0.4) is 0 Å². The maximum Gasteiger partial charge on any atom is 1.00 e. The topological polar surface area (TPSA) is 124 Å². The molecule has 2 N–H and O–H groups in total. The Bertz CT molecular complexity index is 878. The number of amides is 1. The van der Waals surface area contributed by atoms with Gasteiger partial charge in [-0.2, -0.15) is 0 Å². The minimum absolute atomic E-state index is 0. The minimum atomic E-state index is -4.92. The van der Waals surface area contributed by atoms with Crippen molar-refractivity contribution < 1.29 is 57.2 Å². The summed E-state index contributed by atoms with van der Waals surface area (Å²) in [5.41, 5.74) is 0.0362. The number of Topliss-reactive ketones (excluding diaryl/α,β-unsaturated/α-hetero) is 1. The Labute approximate surface area is 154 Å². The number of carbonyl (C=O) groups excluding carboxylic acids is 2. The summed E-state index contributed by atoms with van der Waals surface area (Å²) in [4.78, 5) is 21.8. The Morgan fingerprint density at radius 2 is 1.78 bits per heavy atom. The number of hydrogen-bond donors (Lipinski definition) is 2. The van der Waals surface area contributed by atoms with E-state index in [1.54, 1.807) is 18.2 Å². The standard InChI is InChI=1S/C14H13NO6S.Na/c1-8(16)6-13(17)15-11-7-12(22(19,20)21)14(18)10-5-3-2-4-9(10)11;/h2-5,7,18H,6H2,1H3,(H,15,17)(H,19,20,21);/q;+1/p-1. The van der Waals surface area contributed by atoms with Crippen LogP contribution in [-0.4, -0.2) is 29.8 Å². The number of nitrogens with one attached hydrogen (secondary N) is 1. The quantitative estimate of drug-likeness (QED) is 0.297. The number of carbonyl (C=O) groups is 2. The molecule has 2 aromatic rings. The van der Waals surface area contributed by atoms with E-state index < -0.39 is 26.7 Å². The third kappa shape index (κ3) is 4.52. The second-order valence-corrected chi connectivity index (χ2v) is 6.05. The van der Waals surface area contributed by atoms with Crippen molar-refractivity contribution in [1.82, 2.24) is 0 Å². The summed E-state index contributed by atoms with van der Waals surface area (Å²) in [5, 5.41) is 12.8. The van der Waals surface area contributed by atoms with E-state index >= 15 is 0 Å². The maximum atomic E-state index is 11.7. The van der Waals surface area contributed by atoms with Gasteiger partial charge in [-0.15, -0.1) is 0 Å². The molecule has 0 aliphatic heterocycles. The van der Waals surface area contributed by atoms with Crippen LogP contribution in [-0.2, 0) is 19.7 Å². The Morgan fingerprint density at radius 3 is 2.30 bits per heavy atom. The molecular weight excluding hydrogens is 333 g/mol. The van der Waals surface area contributed by atoms with Crippen LogP contribution in [0.5, 0.6) is 5.75 Å². The van der Waals surface area contributed by atoms with E-state index in [4.69, 9.17) is 0 Å². The van der Waals surface area contributed by atoms with Crippen LogP contribution in [0.25, 0.3) is 10.8 Å². The van der Waals surface area contributed by atoms with E-state index in [-0.39, 0.29) is 52.8 Å². The fourth-order valence-corrected chi connectivity index (χ4v) is 2.66. The minimum Gasteiger partial charge on any atom is -0.744 e. The van der Waals surface area contributed by atoms with Crippen molar-refractivity contribution >= 4 is 38.3 Å². The summed E-state index contributed by atoms with van der Waals surface area (Å²) >= 11 is 0. The molecule has 0 atom stereocenters. The van der Waals surface area contributed by atoms with Gasteiger partial charge in [0.2, 0.25) is 5.91 Å². The molecule has 0 bridgehead atoms. The molecule has 0 unspecified atom stereocenters. The van der Waals surface area contributed by atoms with Crippen LogP contribution in [0.4, 0.5) is 5.69 Å². The van der Waals surface area contributed by atoms with Gasteiger partial charge >= 0.3 is 29.6 Å². The van der Waals surface area contributed by atoms with Gasteiger partial charge < -0.3 is 15.0 Å². The molecule has 2 aromatic carbocycles. The Morgan fingerprint density at radius 1 is 1.22 bits per heavy atom. The number of fused-ring (bicyclic) bond motifs is 1. The van der Waals surface area contributed by atoms with Crippen molar-refractivity contribution in [3.05, 3.63) is 30.3 Å². The smallest absolute Gasteiger partial charge is 0.744 e. The van der Waals surface area contributed by atoms with Crippen LogP contribution in [0, 0.1) is 0 Å². The maximum absolute atomic E-state index is 11.7. The first-order valence-electron chi connectivity index (χ1n) is 6.20. The zero-order valence-corrected chi connectivity index (χ0v) is 15.3. The third-order valence-corrected chi connectivity index (χ3v) is 3.78. The Kier molecular flexibility index (Phi) is 6.32. The van der Waals surface area contributed by atoms with Gasteiger partial charge in [-0.05, 0) is 13.0 Å². The van der Waals surface area contributed by atoms with Gasteiger partial charge in [0.1, 0.15) is 21.7 Å². The average molecular weight is 345 g/mol. The second kappa shape index (κ2) is 7.41. The number of phenols is 1. The van der Waals surface area contributed by atoms with Crippen molar-refractivity contribution in [2.45, 2.75) is 18.2 Å². The molecule has 23 heavy (non-hydrogen) atoms. The van der Waals surface area contributed by atoms with Crippen molar-refractivity contribution in [1.29, 1.82) is 0 Å². The molecule has 0 aliphatic rings. The van der Waals surface area contributed by atoms with E-state index in [2.05, 4.69) is 5.32 Å². The summed E-state index contributed by atoms with van der Waals surface area (Å²) in [6.45, 7) is 1.24. The SMILES string of the molecule is CC(=O)CC(=O)Nc1cc(S(=O)(=O)[O-])c(O)c2ccccc12.[Na+]. The number of ketones is 1. The van der Waals surface area contributed by atoms with Crippen molar-refractivity contribution in [2.24, 2.45) is 0 Å². The zero-order valence-electron chi connectivity index (χ0n) is 12.5. The molecule has 0 aliphatic carbocycles. The fraction of sp³-hybridized carbons (Fsp3) is 0.143. The largest absolute Gasteiger partial charge is 1.00 e. The number of aromatic hydroxyl groups is 1. The molecule has 0 aromatic heterocycles. The fourth-order valence-electron chi connectivity index (χ4n) is 2.05. The van der Waals surface area contributed by atoms with Crippen LogP contribution in [0.15, 0.2) is 35.2 Å². The molecule has 1 amide bonds. The molecule has 116 valence electrons. The summed E-state index contributed by atoms with van der Waals surface area (Å²) < 4.78 is 33.7. The normalized spacial score (nSPS) is 10.9. The molecule has 7 nitrogen and oxygen atoms in total. The van der Waals surface area contributed by atoms with Crippen LogP contribution < -0.4 is 34.9 Å². The van der Waals surface area contributed by atoms with E-state index in [0.29, 0.717) is 5.39 Å². The summed E-state index contributed by atoms with van der Waals surface area (Å²) in [6, 6.07) is 7.01. The summed E-state index contributed by atoms with van der Waals surface area (Å²) in [7, 11) is -4.92. The molecule has 0 saturated carbocycles. The number of hydrogen-bond acceptors (Lipinski definition) is 6. The van der Waals surface area contributed by atoms with Gasteiger partial charge in [-0.3, -0.25) is 9.59 Å². The van der Waals surface area contributed by atoms with Crippen LogP contribution in [0.2, 0.25) is 0 Å². The first kappa shape index (κ1) is 19.6. The Balaban J connectivity index is 0.00000264. The van der Waals surface area contributed by atoms with Crippen molar-refractivity contribution in [3.8, 4) is 5.75 Å². The van der Waals surface area contributed by atoms with E-state index in [9.17, 15) is 27.7 Å². The first-order chi connectivity index (χ1) is 10.2. The third-order valence-electron chi connectivity index (χ3n) is 2.93. The molecule has 0 radical (unpaired) electrons. The first-order valence-corrected chi connectivity index (χ1v) is 7.61. The molecule has 0 spiro atoms. The Hall–Kier alpha value is -1.45. The van der Waals surface area contributed by atoms with E-state index in [0.717, 1.165) is 6.07 Å². The van der Waals surface area contributed by atoms with Gasteiger partial charge in [-0.25, -0.2) is 8.42 Å². The summed E-state index contributed by atoms with van der Waals surface area (Å²) in [5.74, 6) is -1.68.